The van der Waals surface area contributed by atoms with Gasteiger partial charge in [0.25, 0.3) is 5.91 Å². The number of para-hydroxylation sites is 1. The maximum atomic E-state index is 12.5. The highest BCUT2D eigenvalue weighted by atomic mass is 79.9. The molecule has 0 saturated heterocycles. The van der Waals surface area contributed by atoms with E-state index in [1.807, 2.05) is 25.1 Å². The van der Waals surface area contributed by atoms with E-state index in [1.165, 1.54) is 4.90 Å². The highest BCUT2D eigenvalue weighted by Gasteiger charge is 2.22. The second-order valence-corrected chi connectivity index (χ2v) is 7.18. The normalized spacial score (nSPS) is 11.6. The number of hydrogen-bond donors (Lipinski definition) is 1. The van der Waals surface area contributed by atoms with Crippen molar-refractivity contribution in [2.24, 2.45) is 0 Å². The minimum Gasteiger partial charge on any atom is -0.481 e. The topological polar surface area (TPSA) is 58.6 Å². The zero-order chi connectivity index (χ0) is 19.3. The van der Waals surface area contributed by atoms with Crippen LogP contribution in [-0.2, 0) is 9.59 Å². The average molecular weight is 440 g/mol. The van der Waals surface area contributed by atoms with Gasteiger partial charge in [-0.05, 0) is 65.7 Å². The summed E-state index contributed by atoms with van der Waals surface area (Å²) in [7, 11) is 1.57. The number of carbonyl (C=O) groups excluding carboxylic acids is 2. The first-order valence-corrected chi connectivity index (χ1v) is 9.17. The molecule has 2 aromatic rings. The predicted molar refractivity (Wildman–Crippen MR) is 107 cm³/mol. The molecule has 0 fully saturated rings. The standard InChI is InChI=1S/C19H20BrClN2O3/c1-12-10-14(21)8-9-17(12)26-13(2)19(25)23(3)11-18(24)22-16-7-5-4-6-15(16)20/h4-10,13H,11H2,1-3H3,(H,22,24). The van der Waals surface area contributed by atoms with Crippen molar-refractivity contribution in [2.45, 2.75) is 20.0 Å². The summed E-state index contributed by atoms with van der Waals surface area (Å²) in [5.74, 6) is 0.00516. The van der Waals surface area contributed by atoms with Crippen LogP contribution in [0.2, 0.25) is 5.02 Å². The van der Waals surface area contributed by atoms with Crippen LogP contribution in [0.3, 0.4) is 0 Å². The third-order valence-corrected chi connectivity index (χ3v) is 4.62. The van der Waals surface area contributed by atoms with Gasteiger partial charge in [0.15, 0.2) is 6.10 Å². The van der Waals surface area contributed by atoms with E-state index >= 15 is 0 Å². The van der Waals surface area contributed by atoms with Crippen molar-refractivity contribution >= 4 is 45.0 Å². The van der Waals surface area contributed by atoms with E-state index < -0.39 is 6.10 Å². The molecule has 0 spiro atoms. The number of carbonyl (C=O) groups is 2. The number of nitrogens with one attached hydrogen (secondary N) is 1. The molecule has 5 nitrogen and oxygen atoms in total. The number of anilines is 1. The molecular formula is C19H20BrClN2O3. The fourth-order valence-electron chi connectivity index (χ4n) is 2.34. The molecule has 0 aliphatic heterocycles. The first-order chi connectivity index (χ1) is 12.3. The molecule has 0 saturated carbocycles. The van der Waals surface area contributed by atoms with Gasteiger partial charge in [0.2, 0.25) is 5.91 Å². The second kappa shape index (κ2) is 9.05. The summed E-state index contributed by atoms with van der Waals surface area (Å²) in [5.41, 5.74) is 1.49. The summed E-state index contributed by atoms with van der Waals surface area (Å²) in [4.78, 5) is 26.0. The molecule has 0 bridgehead atoms. The number of halogens is 2. The first-order valence-electron chi connectivity index (χ1n) is 8.00. The molecule has 138 valence electrons. The molecule has 7 heteroatoms. The van der Waals surface area contributed by atoms with E-state index in [4.69, 9.17) is 16.3 Å². The molecule has 2 amide bonds. The minimum atomic E-state index is -0.726. The molecule has 26 heavy (non-hydrogen) atoms. The van der Waals surface area contributed by atoms with E-state index in [9.17, 15) is 9.59 Å². The average Bonchev–Trinajstić information content (AvgIpc) is 2.58. The van der Waals surface area contributed by atoms with E-state index in [0.29, 0.717) is 16.5 Å². The van der Waals surface area contributed by atoms with Gasteiger partial charge >= 0.3 is 0 Å². The van der Waals surface area contributed by atoms with Gasteiger partial charge in [0, 0.05) is 16.5 Å². The van der Waals surface area contributed by atoms with Crippen molar-refractivity contribution in [1.29, 1.82) is 0 Å². The number of amides is 2. The van der Waals surface area contributed by atoms with Crippen LogP contribution in [0.1, 0.15) is 12.5 Å². The highest BCUT2D eigenvalue weighted by Crippen LogP contribution is 2.23. The molecule has 0 radical (unpaired) electrons. The van der Waals surface area contributed by atoms with Crippen LogP contribution < -0.4 is 10.1 Å². The van der Waals surface area contributed by atoms with Crippen LogP contribution in [0.5, 0.6) is 5.75 Å². The number of likely N-dealkylation sites (N-methyl/N-ethyl adjacent to an activating group) is 1. The largest absolute Gasteiger partial charge is 0.481 e. The van der Waals surface area contributed by atoms with Crippen LogP contribution in [0, 0.1) is 6.92 Å². The Hall–Kier alpha value is -2.05. The van der Waals surface area contributed by atoms with Crippen LogP contribution in [0.4, 0.5) is 5.69 Å². The lowest BCUT2D eigenvalue weighted by molar-refractivity contribution is -0.139. The lowest BCUT2D eigenvalue weighted by Crippen LogP contribution is -2.42. The van der Waals surface area contributed by atoms with Crippen LogP contribution in [0.25, 0.3) is 0 Å². The van der Waals surface area contributed by atoms with E-state index in [-0.39, 0.29) is 18.4 Å². The number of ether oxygens (including phenoxy) is 1. The zero-order valence-electron chi connectivity index (χ0n) is 14.8. The Kier molecular flexibility index (Phi) is 7.06. The van der Waals surface area contributed by atoms with E-state index in [0.717, 1.165) is 10.0 Å². The summed E-state index contributed by atoms with van der Waals surface area (Å²) < 4.78 is 6.49. The molecular weight excluding hydrogens is 420 g/mol. The van der Waals surface area contributed by atoms with Gasteiger partial charge in [-0.1, -0.05) is 23.7 Å². The summed E-state index contributed by atoms with van der Waals surface area (Å²) in [6.07, 6.45) is -0.726. The van der Waals surface area contributed by atoms with Crippen molar-refractivity contribution in [3.8, 4) is 5.75 Å². The Morgan fingerprint density at radius 1 is 1.27 bits per heavy atom. The summed E-state index contributed by atoms with van der Waals surface area (Å²) >= 11 is 9.29. The third-order valence-electron chi connectivity index (χ3n) is 3.69. The SMILES string of the molecule is Cc1cc(Cl)ccc1OC(C)C(=O)N(C)CC(=O)Nc1ccccc1Br. The lowest BCUT2D eigenvalue weighted by atomic mass is 10.2. The zero-order valence-corrected chi connectivity index (χ0v) is 17.1. The van der Waals surface area contributed by atoms with Crippen molar-refractivity contribution in [1.82, 2.24) is 4.90 Å². The Morgan fingerprint density at radius 2 is 1.96 bits per heavy atom. The molecule has 0 aliphatic rings. The summed E-state index contributed by atoms with van der Waals surface area (Å²) in [6.45, 7) is 3.43. The maximum Gasteiger partial charge on any atom is 0.263 e. The van der Waals surface area contributed by atoms with Crippen LogP contribution >= 0.6 is 27.5 Å². The number of nitrogens with zero attached hydrogens (tertiary/aromatic N) is 1. The molecule has 2 rings (SSSR count). The Labute approximate surface area is 166 Å². The monoisotopic (exact) mass is 438 g/mol. The van der Waals surface area contributed by atoms with E-state index in [2.05, 4.69) is 21.2 Å². The predicted octanol–water partition coefficient (Wildman–Crippen LogP) is 4.28. The van der Waals surface area contributed by atoms with Crippen molar-refractivity contribution in [3.63, 3.8) is 0 Å². The first kappa shape index (κ1) is 20.3. The highest BCUT2D eigenvalue weighted by molar-refractivity contribution is 9.10. The molecule has 1 unspecified atom stereocenters. The lowest BCUT2D eigenvalue weighted by Gasteiger charge is -2.22. The number of rotatable bonds is 6. The van der Waals surface area contributed by atoms with Gasteiger partial charge in [-0.2, -0.15) is 0 Å². The Morgan fingerprint density at radius 3 is 2.62 bits per heavy atom. The smallest absolute Gasteiger partial charge is 0.263 e. The van der Waals surface area contributed by atoms with Crippen LogP contribution in [0.15, 0.2) is 46.9 Å². The number of hydrogen-bond acceptors (Lipinski definition) is 3. The van der Waals surface area contributed by atoms with Gasteiger partial charge in [0.05, 0.1) is 12.2 Å². The van der Waals surface area contributed by atoms with Gasteiger partial charge < -0.3 is 15.0 Å². The quantitative estimate of drug-likeness (QED) is 0.731. The van der Waals surface area contributed by atoms with Gasteiger partial charge in [-0.25, -0.2) is 0 Å². The van der Waals surface area contributed by atoms with Crippen molar-refractivity contribution in [2.75, 3.05) is 18.9 Å². The molecule has 2 aromatic carbocycles. The van der Waals surface area contributed by atoms with E-state index in [1.54, 1.807) is 38.2 Å². The van der Waals surface area contributed by atoms with Gasteiger partial charge in [-0.15, -0.1) is 0 Å². The van der Waals surface area contributed by atoms with Crippen molar-refractivity contribution in [3.05, 3.63) is 57.5 Å². The Bertz CT molecular complexity index is 813. The second-order valence-electron chi connectivity index (χ2n) is 5.89. The minimum absolute atomic E-state index is 0.0759. The molecule has 0 heterocycles. The maximum absolute atomic E-state index is 12.5. The Balaban J connectivity index is 1.93. The van der Waals surface area contributed by atoms with Crippen LogP contribution in [-0.4, -0.2) is 36.4 Å². The molecule has 0 aliphatic carbocycles. The molecule has 1 atom stereocenters. The fraction of sp³-hybridized carbons (Fsp3) is 0.263. The van der Waals surface area contributed by atoms with Crippen molar-refractivity contribution < 1.29 is 14.3 Å². The molecule has 1 N–H and O–H groups in total. The fourth-order valence-corrected chi connectivity index (χ4v) is 2.95. The van der Waals surface area contributed by atoms with Gasteiger partial charge in [-0.3, -0.25) is 9.59 Å². The van der Waals surface area contributed by atoms with Gasteiger partial charge in [0.1, 0.15) is 5.75 Å². The summed E-state index contributed by atoms with van der Waals surface area (Å²) in [6, 6.07) is 12.5. The number of aryl methyl sites for hydroxylation is 1. The number of benzene rings is 2. The third kappa shape index (κ3) is 5.47. The summed E-state index contributed by atoms with van der Waals surface area (Å²) in [5, 5.41) is 3.37. The molecule has 0 aromatic heterocycles.